The summed E-state index contributed by atoms with van der Waals surface area (Å²) in [5, 5.41) is 64.1. The van der Waals surface area contributed by atoms with Crippen LogP contribution in [0.4, 0.5) is 0 Å². The first kappa shape index (κ1) is 36.5. The smallest absolute Gasteiger partial charge is 0.330 e. The highest BCUT2D eigenvalue weighted by Crippen LogP contribution is 2.39. The zero-order valence-electron chi connectivity index (χ0n) is 27.0. The fourth-order valence-corrected chi connectivity index (χ4v) is 6.58. The number of carbonyl (C=O) groups excluding carboxylic acids is 1. The molecule has 48 heavy (non-hydrogen) atoms. The molecule has 8 N–H and O–H groups in total. The summed E-state index contributed by atoms with van der Waals surface area (Å²) in [4.78, 5) is 24.6. The Hall–Kier alpha value is -2.76. The van der Waals surface area contributed by atoms with Crippen molar-refractivity contribution >= 4 is 11.9 Å². The molecule has 6 rings (SSSR count). The minimum atomic E-state index is -2.10. The molecule has 6 aliphatic rings. The molecule has 5 aliphatic heterocycles. The van der Waals surface area contributed by atoms with Crippen LogP contribution in [0.2, 0.25) is 0 Å². The lowest BCUT2D eigenvalue weighted by Gasteiger charge is -2.45. The molecule has 0 unspecified atom stereocenters. The topological polar surface area (TPSA) is 231 Å². The number of carbonyl (C=O) groups is 2. The number of hydrogen-bond donors (Lipinski definition) is 7. The van der Waals surface area contributed by atoms with Gasteiger partial charge in [-0.25, -0.2) is 4.79 Å². The number of allylic oxidation sites excluding steroid dienone is 6. The monoisotopic (exact) mass is 677 g/mol. The Morgan fingerprint density at radius 1 is 0.979 bits per heavy atom. The number of hydrogen-bond acceptors (Lipinski definition) is 13. The highest BCUT2D eigenvalue weighted by Gasteiger charge is 2.51. The molecular weight excluding hydrogens is 630 g/mol. The standard InChI is InChI=1S/C34H47NO13/c1-17-7-8-20-11-19(12-20)5-3-4-6-22(46-33-31(40)29(35)30(39)18(2)45-33)14-26-28(32(41)42)23(37)16-34(43,48-26)15-21(36)13-25-24(47-25)9-10-27(38)44-17/h3-6,8-11,17-18,21-26,28-31,33,36-37,39-40,43H,7,12-16,35H2,1-2H3,(H,41,42)/b5-3+,6-4+,10-9+,20-8-/t17-,18-,21+,22+,23+,24-,25-,26+,28-,29+,30-,31+,33+,34-/m1/s1. The first-order valence-corrected chi connectivity index (χ1v) is 16.4. The van der Waals surface area contributed by atoms with Crippen molar-refractivity contribution in [2.24, 2.45) is 11.7 Å². The number of esters is 1. The van der Waals surface area contributed by atoms with E-state index in [1.54, 1.807) is 38.2 Å². The maximum atomic E-state index is 12.3. The number of nitrogens with two attached hydrogens (primary N) is 1. The Kier molecular flexibility index (Phi) is 11.7. The lowest BCUT2D eigenvalue weighted by atomic mass is 9.83. The van der Waals surface area contributed by atoms with Gasteiger partial charge in [0.05, 0.1) is 48.8 Å². The van der Waals surface area contributed by atoms with Gasteiger partial charge < -0.3 is 60.1 Å². The van der Waals surface area contributed by atoms with Gasteiger partial charge in [0.2, 0.25) is 0 Å². The van der Waals surface area contributed by atoms with E-state index in [9.17, 15) is 40.2 Å². The average Bonchev–Trinajstić information content (AvgIpc) is 3.71. The van der Waals surface area contributed by atoms with Crippen molar-refractivity contribution in [2.75, 3.05) is 0 Å². The van der Waals surface area contributed by atoms with Crippen LogP contribution < -0.4 is 5.73 Å². The summed E-state index contributed by atoms with van der Waals surface area (Å²) in [6.45, 7) is 3.38. The number of carboxylic acids is 1. The van der Waals surface area contributed by atoms with Crippen LogP contribution >= 0.6 is 0 Å². The minimum Gasteiger partial charge on any atom is -0.481 e. The van der Waals surface area contributed by atoms with Gasteiger partial charge in [0.1, 0.15) is 24.2 Å². The van der Waals surface area contributed by atoms with E-state index in [4.69, 9.17) is 29.4 Å². The van der Waals surface area contributed by atoms with Crippen molar-refractivity contribution in [1.82, 2.24) is 0 Å². The summed E-state index contributed by atoms with van der Waals surface area (Å²) in [6, 6.07) is -1.07. The minimum absolute atomic E-state index is 0.0837. The van der Waals surface area contributed by atoms with Gasteiger partial charge in [-0.05, 0) is 37.5 Å². The second-order valence-electron chi connectivity index (χ2n) is 13.4. The van der Waals surface area contributed by atoms with Crippen molar-refractivity contribution in [3.8, 4) is 0 Å². The molecule has 3 saturated heterocycles. The number of carboxylic acid groups (broad SMARTS) is 1. The maximum absolute atomic E-state index is 12.3. The Morgan fingerprint density at radius 2 is 1.73 bits per heavy atom. The first-order valence-electron chi connectivity index (χ1n) is 16.4. The van der Waals surface area contributed by atoms with Gasteiger partial charge in [-0.15, -0.1) is 0 Å². The van der Waals surface area contributed by atoms with Crippen LogP contribution in [0.1, 0.15) is 52.4 Å². The summed E-state index contributed by atoms with van der Waals surface area (Å²) >= 11 is 0. The van der Waals surface area contributed by atoms with Crippen molar-refractivity contribution < 1.29 is 63.9 Å². The van der Waals surface area contributed by atoms with Gasteiger partial charge >= 0.3 is 11.9 Å². The summed E-state index contributed by atoms with van der Waals surface area (Å²) in [7, 11) is 0. The Bertz CT molecular complexity index is 1330. The predicted molar refractivity (Wildman–Crippen MR) is 168 cm³/mol. The molecule has 0 spiro atoms. The predicted octanol–water partition coefficient (Wildman–Crippen LogP) is 0.264. The van der Waals surface area contributed by atoms with Gasteiger partial charge in [0.25, 0.3) is 0 Å². The number of epoxide rings is 1. The number of rotatable bonds is 3. The molecule has 0 aromatic rings. The van der Waals surface area contributed by atoms with Crippen molar-refractivity contribution in [3.05, 3.63) is 59.8 Å². The summed E-state index contributed by atoms with van der Waals surface area (Å²) in [6.07, 6.45) is 3.31. The van der Waals surface area contributed by atoms with E-state index in [0.717, 1.165) is 11.1 Å². The molecule has 1 aliphatic carbocycles. The van der Waals surface area contributed by atoms with Gasteiger partial charge in [-0.1, -0.05) is 36.5 Å². The fraction of sp³-hybridized carbons (Fsp3) is 0.647. The first-order chi connectivity index (χ1) is 22.7. The van der Waals surface area contributed by atoms with Gasteiger partial charge in [0.15, 0.2) is 12.1 Å². The molecular formula is C34H47NO13. The summed E-state index contributed by atoms with van der Waals surface area (Å²) in [5.74, 6) is -5.41. The highest BCUT2D eigenvalue weighted by molar-refractivity contribution is 5.82. The average molecular weight is 678 g/mol. The maximum Gasteiger partial charge on any atom is 0.330 e. The van der Waals surface area contributed by atoms with Gasteiger partial charge in [-0.3, -0.25) is 4.79 Å². The van der Waals surface area contributed by atoms with E-state index in [-0.39, 0.29) is 25.4 Å². The van der Waals surface area contributed by atoms with Crippen LogP contribution in [0.15, 0.2) is 59.8 Å². The normalized spacial score (nSPS) is 47.3. The van der Waals surface area contributed by atoms with Crippen LogP contribution in [-0.4, -0.2) is 122 Å². The highest BCUT2D eigenvalue weighted by atomic mass is 16.7. The van der Waals surface area contributed by atoms with E-state index in [1.807, 2.05) is 18.2 Å². The molecule has 5 heterocycles. The second-order valence-corrected chi connectivity index (χ2v) is 13.4. The molecule has 0 aromatic carbocycles. The summed E-state index contributed by atoms with van der Waals surface area (Å²) < 4.78 is 28.7. The SMILES string of the molecule is C[C@@H]1C/C=C2C=C(/C=C/C=C/[C@H](O[C@@H]3O[C@H](C)[C@@H](O)[C@H](N)[C@@H]3O)C[C@@H]3O[C@](O)(C[C@@H](O)C[C@H]4O[C@@H]4/C=C/C(=O)O1)C[C@H](O)[C@H]3C(=O)O)C/2. The molecule has 14 nitrogen and oxygen atoms in total. The number of aliphatic hydroxyl groups is 5. The van der Waals surface area contributed by atoms with Crippen molar-refractivity contribution in [2.45, 2.75) is 132 Å². The van der Waals surface area contributed by atoms with Crippen molar-refractivity contribution in [1.29, 1.82) is 0 Å². The van der Waals surface area contributed by atoms with Crippen molar-refractivity contribution in [3.63, 3.8) is 0 Å². The molecule has 0 amide bonds. The lowest BCUT2D eigenvalue weighted by molar-refractivity contribution is -0.308. The second kappa shape index (κ2) is 15.4. The zero-order valence-corrected chi connectivity index (χ0v) is 27.0. The Labute approximate surface area is 278 Å². The largest absolute Gasteiger partial charge is 0.481 e. The van der Waals surface area contributed by atoms with Crippen LogP contribution in [0.25, 0.3) is 0 Å². The number of aliphatic carboxylic acids is 1. The molecule has 4 bridgehead atoms. The molecule has 0 saturated carbocycles. The van der Waals surface area contributed by atoms with Crippen LogP contribution in [0.3, 0.4) is 0 Å². The quantitative estimate of drug-likeness (QED) is 0.157. The van der Waals surface area contributed by atoms with E-state index >= 15 is 0 Å². The molecule has 14 atom stereocenters. The number of aliphatic hydroxyl groups excluding tert-OH is 4. The molecule has 0 aromatic heterocycles. The van der Waals surface area contributed by atoms with E-state index in [1.165, 1.54) is 6.08 Å². The van der Waals surface area contributed by atoms with Gasteiger partial charge in [0, 0.05) is 38.2 Å². The van der Waals surface area contributed by atoms with Gasteiger partial charge in [-0.2, -0.15) is 0 Å². The Balaban J connectivity index is 1.39. The number of ether oxygens (including phenoxy) is 5. The third-order valence-corrected chi connectivity index (χ3v) is 9.33. The fourth-order valence-electron chi connectivity index (χ4n) is 6.58. The third-order valence-electron chi connectivity index (χ3n) is 9.33. The van der Waals surface area contributed by atoms with E-state index < -0.39 is 97.3 Å². The Morgan fingerprint density at radius 3 is 2.46 bits per heavy atom. The molecule has 0 radical (unpaired) electrons. The third kappa shape index (κ3) is 9.27. The van der Waals surface area contributed by atoms with Crippen LogP contribution in [-0.2, 0) is 33.3 Å². The molecule has 3 fully saturated rings. The number of fused-ring (bicyclic) bond motifs is 10. The van der Waals surface area contributed by atoms with Crippen LogP contribution in [0, 0.1) is 5.92 Å². The van der Waals surface area contributed by atoms with E-state index in [0.29, 0.717) is 12.8 Å². The van der Waals surface area contributed by atoms with E-state index in [2.05, 4.69) is 0 Å². The van der Waals surface area contributed by atoms with Crippen LogP contribution in [0.5, 0.6) is 0 Å². The summed E-state index contributed by atoms with van der Waals surface area (Å²) in [5.41, 5.74) is 8.13. The molecule has 14 heteroatoms. The molecule has 266 valence electrons. The lowest BCUT2D eigenvalue weighted by Crippen LogP contribution is -2.61. The zero-order chi connectivity index (χ0) is 34.7.